The highest BCUT2D eigenvalue weighted by molar-refractivity contribution is 5.98. The zero-order chi connectivity index (χ0) is 18.7. The second-order valence-electron chi connectivity index (χ2n) is 5.89. The van der Waals surface area contributed by atoms with Crippen LogP contribution in [0.2, 0.25) is 0 Å². The van der Waals surface area contributed by atoms with Gasteiger partial charge < -0.3 is 14.8 Å². The van der Waals surface area contributed by atoms with Crippen LogP contribution < -0.4 is 10.1 Å². The van der Waals surface area contributed by atoms with Gasteiger partial charge >= 0.3 is 5.97 Å². The van der Waals surface area contributed by atoms with Gasteiger partial charge in [-0.25, -0.2) is 4.79 Å². The molecule has 0 spiro atoms. The lowest BCUT2D eigenvalue weighted by Gasteiger charge is -2.14. The summed E-state index contributed by atoms with van der Waals surface area (Å²) < 4.78 is 12.1. The lowest BCUT2D eigenvalue weighted by molar-refractivity contribution is -0.123. The molecule has 7 nitrogen and oxygen atoms in total. The highest BCUT2D eigenvalue weighted by atomic mass is 16.5. The van der Waals surface area contributed by atoms with Crippen LogP contribution in [0, 0.1) is 20.8 Å². The number of hydrogen-bond acceptors (Lipinski definition) is 5. The number of ether oxygens (including phenoxy) is 2. The van der Waals surface area contributed by atoms with Crippen LogP contribution in [0.5, 0.6) is 5.75 Å². The van der Waals surface area contributed by atoms with Gasteiger partial charge in [-0.1, -0.05) is 6.07 Å². The van der Waals surface area contributed by atoms with Crippen LogP contribution in [0.4, 0.5) is 5.69 Å². The number of aryl methyl sites for hydroxylation is 3. The average molecular weight is 345 g/mol. The van der Waals surface area contributed by atoms with Crippen LogP contribution >= 0.6 is 0 Å². The molecular weight excluding hydrogens is 322 g/mol. The highest BCUT2D eigenvalue weighted by Crippen LogP contribution is 2.21. The third-order valence-electron chi connectivity index (χ3n) is 4.05. The van der Waals surface area contributed by atoms with Crippen molar-refractivity contribution in [1.29, 1.82) is 0 Å². The fourth-order valence-electron chi connectivity index (χ4n) is 2.41. The predicted octanol–water partition coefficient (Wildman–Crippen LogP) is 2.54. The number of methoxy groups -OCH3 is 1. The molecule has 1 aromatic heterocycles. The number of carbonyl (C=O) groups is 2. The van der Waals surface area contributed by atoms with E-state index in [0.29, 0.717) is 22.7 Å². The third-order valence-corrected chi connectivity index (χ3v) is 4.05. The number of anilines is 1. The third kappa shape index (κ3) is 3.99. The Morgan fingerprint density at radius 3 is 2.48 bits per heavy atom. The van der Waals surface area contributed by atoms with Crippen LogP contribution in [0.25, 0.3) is 0 Å². The first-order valence-electron chi connectivity index (χ1n) is 7.91. The Hall–Kier alpha value is -2.83. The Labute approximate surface area is 146 Å². The van der Waals surface area contributed by atoms with E-state index in [4.69, 9.17) is 9.47 Å². The molecule has 7 heteroatoms. The fraction of sp³-hybridized carbons (Fsp3) is 0.389. The molecule has 0 aliphatic heterocycles. The number of nitrogens with one attached hydrogen (secondary N) is 1. The number of benzene rings is 1. The van der Waals surface area contributed by atoms with Crippen molar-refractivity contribution in [2.75, 3.05) is 12.4 Å². The molecule has 1 heterocycles. The van der Waals surface area contributed by atoms with Gasteiger partial charge in [-0.2, -0.15) is 5.10 Å². The largest absolute Gasteiger partial charge is 0.496 e. The maximum atomic E-state index is 12.3. The molecule has 0 fully saturated rings. The second-order valence-corrected chi connectivity index (χ2v) is 5.89. The van der Waals surface area contributed by atoms with Gasteiger partial charge in [0.15, 0.2) is 6.10 Å². The molecule has 1 atom stereocenters. The van der Waals surface area contributed by atoms with Crippen molar-refractivity contribution in [2.24, 2.45) is 7.05 Å². The molecule has 0 aliphatic rings. The van der Waals surface area contributed by atoms with E-state index >= 15 is 0 Å². The highest BCUT2D eigenvalue weighted by Gasteiger charge is 2.22. The van der Waals surface area contributed by atoms with Gasteiger partial charge in [-0.05, 0) is 45.4 Å². The monoisotopic (exact) mass is 345 g/mol. The summed E-state index contributed by atoms with van der Waals surface area (Å²) in [6, 6.07) is 5.00. The standard InChI is InChI=1S/C18H23N3O4/c1-10-7-8-14(9-15(10)24-6)18(23)25-13(4)17(22)19-16-11(2)20-21(5)12(16)3/h7-9,13H,1-6H3,(H,19,22)/t13-/m0/s1. The van der Waals surface area contributed by atoms with Gasteiger partial charge in [0, 0.05) is 7.05 Å². The Morgan fingerprint density at radius 1 is 1.24 bits per heavy atom. The summed E-state index contributed by atoms with van der Waals surface area (Å²) in [6.45, 7) is 7.06. The zero-order valence-corrected chi connectivity index (χ0v) is 15.3. The van der Waals surface area contributed by atoms with E-state index in [1.807, 2.05) is 13.8 Å². The predicted molar refractivity (Wildman–Crippen MR) is 93.9 cm³/mol. The Balaban J connectivity index is 2.06. The van der Waals surface area contributed by atoms with E-state index in [1.54, 1.807) is 36.9 Å². The first kappa shape index (κ1) is 18.5. The minimum Gasteiger partial charge on any atom is -0.496 e. The molecule has 0 saturated carbocycles. The molecule has 25 heavy (non-hydrogen) atoms. The molecular formula is C18H23N3O4. The van der Waals surface area contributed by atoms with E-state index in [0.717, 1.165) is 11.3 Å². The minimum atomic E-state index is -0.946. The summed E-state index contributed by atoms with van der Waals surface area (Å²) in [6.07, 6.45) is -0.946. The molecule has 0 saturated heterocycles. The van der Waals surface area contributed by atoms with Crippen LogP contribution in [-0.4, -0.2) is 34.9 Å². The molecule has 0 unspecified atom stereocenters. The molecule has 1 amide bonds. The molecule has 0 radical (unpaired) electrons. The van der Waals surface area contributed by atoms with Crippen molar-refractivity contribution in [3.63, 3.8) is 0 Å². The van der Waals surface area contributed by atoms with Gasteiger partial charge in [0.2, 0.25) is 0 Å². The number of nitrogens with zero attached hydrogens (tertiary/aromatic N) is 2. The second kappa shape index (κ2) is 7.38. The SMILES string of the molecule is COc1cc(C(=O)O[C@@H](C)C(=O)Nc2c(C)nn(C)c2C)ccc1C. The summed E-state index contributed by atoms with van der Waals surface area (Å²) in [4.78, 5) is 24.6. The van der Waals surface area contributed by atoms with Crippen LogP contribution in [0.1, 0.15) is 34.2 Å². The Morgan fingerprint density at radius 2 is 1.92 bits per heavy atom. The van der Waals surface area contributed by atoms with Gasteiger partial charge in [-0.15, -0.1) is 0 Å². The van der Waals surface area contributed by atoms with E-state index in [2.05, 4.69) is 10.4 Å². The molecule has 134 valence electrons. The van der Waals surface area contributed by atoms with E-state index in [-0.39, 0.29) is 0 Å². The maximum absolute atomic E-state index is 12.3. The van der Waals surface area contributed by atoms with Gasteiger partial charge in [-0.3, -0.25) is 9.48 Å². The van der Waals surface area contributed by atoms with Crippen molar-refractivity contribution in [2.45, 2.75) is 33.8 Å². The lowest BCUT2D eigenvalue weighted by Crippen LogP contribution is -2.30. The number of esters is 1. The van der Waals surface area contributed by atoms with Gasteiger partial charge in [0.1, 0.15) is 5.75 Å². The number of aromatic nitrogens is 2. The molecule has 1 N–H and O–H groups in total. The Bertz CT molecular complexity index is 811. The van der Waals surface area contributed by atoms with Gasteiger partial charge in [0.25, 0.3) is 5.91 Å². The van der Waals surface area contributed by atoms with Crippen molar-refractivity contribution in [3.8, 4) is 5.75 Å². The van der Waals surface area contributed by atoms with Crippen LogP contribution in [0.15, 0.2) is 18.2 Å². The molecule has 2 rings (SSSR count). The summed E-state index contributed by atoms with van der Waals surface area (Å²) >= 11 is 0. The fourth-order valence-corrected chi connectivity index (χ4v) is 2.41. The number of hydrogen-bond donors (Lipinski definition) is 1. The van der Waals surface area contributed by atoms with Crippen LogP contribution in [0.3, 0.4) is 0 Å². The minimum absolute atomic E-state index is 0.329. The lowest BCUT2D eigenvalue weighted by atomic mass is 10.1. The molecule has 0 bridgehead atoms. The van der Waals surface area contributed by atoms with Gasteiger partial charge in [0.05, 0.1) is 29.7 Å². The number of rotatable bonds is 5. The normalized spacial score (nSPS) is 11.8. The number of amides is 1. The summed E-state index contributed by atoms with van der Waals surface area (Å²) in [5.41, 5.74) is 3.40. The first-order valence-corrected chi connectivity index (χ1v) is 7.91. The molecule has 2 aromatic rings. The first-order chi connectivity index (χ1) is 11.7. The average Bonchev–Trinajstić information content (AvgIpc) is 2.81. The topological polar surface area (TPSA) is 82.4 Å². The number of carbonyl (C=O) groups excluding carboxylic acids is 2. The Kier molecular flexibility index (Phi) is 5.46. The molecule has 0 aliphatic carbocycles. The summed E-state index contributed by atoms with van der Waals surface area (Å²) in [7, 11) is 3.33. The van der Waals surface area contributed by atoms with Crippen molar-refractivity contribution < 1.29 is 19.1 Å². The van der Waals surface area contributed by atoms with Crippen molar-refractivity contribution >= 4 is 17.6 Å². The van der Waals surface area contributed by atoms with Crippen LogP contribution in [-0.2, 0) is 16.6 Å². The summed E-state index contributed by atoms with van der Waals surface area (Å²) in [5, 5.41) is 7.00. The zero-order valence-electron chi connectivity index (χ0n) is 15.3. The van der Waals surface area contributed by atoms with Crippen molar-refractivity contribution in [1.82, 2.24) is 9.78 Å². The van der Waals surface area contributed by atoms with E-state index in [1.165, 1.54) is 14.0 Å². The van der Waals surface area contributed by atoms with E-state index < -0.39 is 18.0 Å². The quantitative estimate of drug-likeness (QED) is 0.842. The molecule has 1 aromatic carbocycles. The summed E-state index contributed by atoms with van der Waals surface area (Å²) in [5.74, 6) is -0.402. The smallest absolute Gasteiger partial charge is 0.339 e. The maximum Gasteiger partial charge on any atom is 0.339 e. The van der Waals surface area contributed by atoms with Crippen molar-refractivity contribution in [3.05, 3.63) is 40.7 Å². The van der Waals surface area contributed by atoms with E-state index in [9.17, 15) is 9.59 Å².